The van der Waals surface area contributed by atoms with Gasteiger partial charge in [-0.2, -0.15) is 0 Å². The Balaban J connectivity index is 1.35. The predicted molar refractivity (Wildman–Crippen MR) is 144 cm³/mol. The van der Waals surface area contributed by atoms with Gasteiger partial charge in [-0.1, -0.05) is 72.8 Å². The highest BCUT2D eigenvalue weighted by Crippen LogP contribution is 2.16. The van der Waals surface area contributed by atoms with E-state index in [1.54, 1.807) is 24.7 Å². The quantitative estimate of drug-likeness (QED) is 0.253. The first-order valence-corrected chi connectivity index (χ1v) is 12.6. The van der Waals surface area contributed by atoms with E-state index in [-0.39, 0.29) is 37.9 Å². The lowest BCUT2D eigenvalue weighted by atomic mass is 10.1. The molecule has 4 rings (SSSR count). The average molecular weight is 513 g/mol. The number of aromatic nitrogens is 2. The molecule has 0 spiro atoms. The van der Waals surface area contributed by atoms with Gasteiger partial charge in [-0.15, -0.1) is 0 Å². The Bertz CT molecular complexity index is 1260. The molecule has 3 aromatic carbocycles. The molecule has 0 aliphatic heterocycles. The summed E-state index contributed by atoms with van der Waals surface area (Å²) in [7, 11) is 0. The molecule has 4 aromatic rings. The van der Waals surface area contributed by atoms with Crippen molar-refractivity contribution in [3.8, 4) is 5.75 Å². The Morgan fingerprint density at radius 2 is 1.66 bits per heavy atom. The molecule has 1 atom stereocenters. The molecular weight excluding hydrogens is 480 g/mol. The van der Waals surface area contributed by atoms with E-state index in [0.29, 0.717) is 13.0 Å². The second kappa shape index (κ2) is 13.8. The van der Waals surface area contributed by atoms with Crippen LogP contribution in [-0.2, 0) is 29.2 Å². The third kappa shape index (κ3) is 8.31. The van der Waals surface area contributed by atoms with Gasteiger partial charge in [0, 0.05) is 31.4 Å². The lowest BCUT2D eigenvalue weighted by Crippen LogP contribution is -2.41. The zero-order valence-electron chi connectivity index (χ0n) is 21.1. The van der Waals surface area contributed by atoms with Crippen LogP contribution < -0.4 is 10.1 Å². The van der Waals surface area contributed by atoms with Gasteiger partial charge in [0.25, 0.3) is 0 Å². The smallest absolute Gasteiger partial charge is 0.239 e. The van der Waals surface area contributed by atoms with E-state index in [9.17, 15) is 14.7 Å². The minimum atomic E-state index is -0.826. The molecule has 3 N–H and O–H groups in total. The number of hydrogen-bond donors (Lipinski definition) is 3. The van der Waals surface area contributed by atoms with Crippen LogP contribution in [0.3, 0.4) is 0 Å². The average Bonchev–Trinajstić information content (AvgIpc) is 3.49. The Hall–Kier alpha value is -4.43. The normalized spacial score (nSPS) is 11.5. The van der Waals surface area contributed by atoms with Crippen molar-refractivity contribution in [2.75, 3.05) is 13.1 Å². The molecule has 1 heterocycles. The number of carbonyl (C=O) groups excluding carboxylic acids is 2. The Morgan fingerprint density at radius 1 is 0.947 bits per heavy atom. The third-order valence-electron chi connectivity index (χ3n) is 6.07. The van der Waals surface area contributed by atoms with Gasteiger partial charge in [-0.3, -0.25) is 9.59 Å². The minimum absolute atomic E-state index is 0.0620. The van der Waals surface area contributed by atoms with Crippen molar-refractivity contribution >= 4 is 11.8 Å². The van der Waals surface area contributed by atoms with Gasteiger partial charge in [0.1, 0.15) is 12.4 Å². The topological polar surface area (TPSA) is 108 Å². The van der Waals surface area contributed by atoms with Crippen molar-refractivity contribution < 1.29 is 19.4 Å². The molecule has 0 saturated heterocycles. The molecule has 0 fully saturated rings. The van der Waals surface area contributed by atoms with Crippen molar-refractivity contribution in [2.24, 2.45) is 0 Å². The number of aliphatic hydroxyl groups excluding tert-OH is 1. The molecule has 0 aliphatic rings. The van der Waals surface area contributed by atoms with E-state index in [0.717, 1.165) is 28.1 Å². The van der Waals surface area contributed by atoms with Crippen molar-refractivity contribution in [3.05, 3.63) is 120 Å². The standard InChI is InChI=1S/C30H32N4O4/c35-28(25-9-5-2-6-10-25)18-32-29(36)20-34(30(37)16-13-26-17-31-22-33-26)19-23-11-14-27(15-12-23)38-21-24-7-3-1-4-8-24/h1-12,14-15,17,22,28,35H,13,16,18-21H2,(H,31,33)(H,32,36)/t28-/m1/s1. The Morgan fingerprint density at radius 3 is 2.34 bits per heavy atom. The van der Waals surface area contributed by atoms with Gasteiger partial charge in [-0.05, 0) is 35.2 Å². The molecule has 0 aliphatic carbocycles. The van der Waals surface area contributed by atoms with Gasteiger partial charge in [0.2, 0.25) is 11.8 Å². The molecule has 0 unspecified atom stereocenters. The van der Waals surface area contributed by atoms with Crippen molar-refractivity contribution in [3.63, 3.8) is 0 Å². The van der Waals surface area contributed by atoms with Gasteiger partial charge >= 0.3 is 0 Å². The lowest BCUT2D eigenvalue weighted by molar-refractivity contribution is -0.136. The van der Waals surface area contributed by atoms with Crippen molar-refractivity contribution in [1.82, 2.24) is 20.2 Å². The summed E-state index contributed by atoms with van der Waals surface area (Å²) in [5, 5.41) is 13.1. The fourth-order valence-electron chi connectivity index (χ4n) is 3.94. The van der Waals surface area contributed by atoms with Gasteiger partial charge in [0.15, 0.2) is 0 Å². The Kier molecular flexibility index (Phi) is 9.64. The van der Waals surface area contributed by atoms with Crippen molar-refractivity contribution in [2.45, 2.75) is 32.1 Å². The van der Waals surface area contributed by atoms with Crippen molar-refractivity contribution in [1.29, 1.82) is 0 Å². The van der Waals surface area contributed by atoms with E-state index in [4.69, 9.17) is 4.74 Å². The van der Waals surface area contributed by atoms with Crippen LogP contribution in [0.25, 0.3) is 0 Å². The van der Waals surface area contributed by atoms with E-state index >= 15 is 0 Å². The monoisotopic (exact) mass is 512 g/mol. The first-order valence-electron chi connectivity index (χ1n) is 12.6. The fraction of sp³-hybridized carbons (Fsp3) is 0.233. The maximum absolute atomic E-state index is 13.1. The summed E-state index contributed by atoms with van der Waals surface area (Å²) in [6.07, 6.45) is 3.16. The summed E-state index contributed by atoms with van der Waals surface area (Å²) in [6.45, 7) is 0.685. The zero-order chi connectivity index (χ0) is 26.6. The number of hydrogen-bond acceptors (Lipinski definition) is 5. The molecule has 8 nitrogen and oxygen atoms in total. The van der Waals surface area contributed by atoms with Crippen LogP contribution in [0.4, 0.5) is 0 Å². The number of rotatable bonds is 13. The molecular formula is C30H32N4O4. The summed E-state index contributed by atoms with van der Waals surface area (Å²) in [4.78, 5) is 34.4. The van der Waals surface area contributed by atoms with E-state index in [1.165, 1.54) is 4.90 Å². The number of aliphatic hydroxyl groups is 1. The molecule has 0 bridgehead atoms. The fourth-order valence-corrected chi connectivity index (χ4v) is 3.94. The van der Waals surface area contributed by atoms with Crippen LogP contribution in [-0.4, -0.2) is 44.9 Å². The third-order valence-corrected chi connectivity index (χ3v) is 6.07. The number of aromatic amines is 1. The molecule has 1 aromatic heterocycles. The predicted octanol–water partition coefficient (Wildman–Crippen LogP) is 3.80. The van der Waals surface area contributed by atoms with E-state index < -0.39 is 6.10 Å². The highest BCUT2D eigenvalue weighted by Gasteiger charge is 2.19. The Labute approximate surface area is 222 Å². The maximum Gasteiger partial charge on any atom is 0.239 e. The summed E-state index contributed by atoms with van der Waals surface area (Å²) in [5.41, 5.74) is 3.53. The second-order valence-corrected chi connectivity index (χ2v) is 8.98. The number of imidazole rings is 1. The number of ether oxygens (including phenoxy) is 1. The second-order valence-electron chi connectivity index (χ2n) is 8.98. The summed E-state index contributed by atoms with van der Waals surface area (Å²) in [6, 6.07) is 26.6. The number of aryl methyl sites for hydroxylation is 1. The first kappa shape index (κ1) is 26.6. The lowest BCUT2D eigenvalue weighted by Gasteiger charge is -2.23. The number of nitrogens with one attached hydrogen (secondary N) is 2. The number of nitrogens with zero attached hydrogens (tertiary/aromatic N) is 2. The number of carbonyl (C=O) groups is 2. The number of benzene rings is 3. The highest BCUT2D eigenvalue weighted by molar-refractivity contribution is 5.84. The zero-order valence-corrected chi connectivity index (χ0v) is 21.1. The van der Waals surface area contributed by atoms with E-state index in [2.05, 4.69) is 15.3 Å². The molecule has 38 heavy (non-hydrogen) atoms. The summed E-state index contributed by atoms with van der Waals surface area (Å²) >= 11 is 0. The summed E-state index contributed by atoms with van der Waals surface area (Å²) in [5.74, 6) is 0.239. The van der Waals surface area contributed by atoms with Gasteiger partial charge < -0.3 is 25.0 Å². The maximum atomic E-state index is 13.1. The molecule has 0 radical (unpaired) electrons. The first-order chi connectivity index (χ1) is 18.6. The van der Waals surface area contributed by atoms with Crippen LogP contribution >= 0.6 is 0 Å². The van der Waals surface area contributed by atoms with Gasteiger partial charge in [-0.25, -0.2) is 4.98 Å². The minimum Gasteiger partial charge on any atom is -0.489 e. The highest BCUT2D eigenvalue weighted by atomic mass is 16.5. The molecule has 0 saturated carbocycles. The number of H-pyrrole nitrogens is 1. The van der Waals surface area contributed by atoms with Crippen LogP contribution in [0.15, 0.2) is 97.5 Å². The molecule has 196 valence electrons. The van der Waals surface area contributed by atoms with Crippen LogP contribution in [0.1, 0.15) is 34.9 Å². The largest absolute Gasteiger partial charge is 0.489 e. The van der Waals surface area contributed by atoms with E-state index in [1.807, 2.05) is 72.8 Å². The molecule has 2 amide bonds. The SMILES string of the molecule is O=C(CN(Cc1ccc(OCc2ccccc2)cc1)C(=O)CCc1cnc[nH]1)NC[C@@H](O)c1ccccc1. The molecule has 8 heteroatoms. The van der Waals surface area contributed by atoms with Crippen LogP contribution in [0.5, 0.6) is 5.75 Å². The van der Waals surface area contributed by atoms with Crippen LogP contribution in [0.2, 0.25) is 0 Å². The summed E-state index contributed by atoms with van der Waals surface area (Å²) < 4.78 is 5.86. The number of amides is 2. The van der Waals surface area contributed by atoms with Gasteiger partial charge in [0.05, 0.1) is 19.0 Å². The van der Waals surface area contributed by atoms with Crippen LogP contribution in [0, 0.1) is 0 Å².